The summed E-state index contributed by atoms with van der Waals surface area (Å²) in [6, 6.07) is 8.49. The number of hydrogen-bond donors (Lipinski definition) is 6. The molecule has 0 saturated heterocycles. The Morgan fingerprint density at radius 2 is 0.596 bits per heavy atom. The molecule has 52 heavy (non-hydrogen) atoms. The Bertz CT molecular complexity index is 1100. The van der Waals surface area contributed by atoms with Gasteiger partial charge in [0.05, 0.1) is 0 Å². The molecule has 6 nitrogen and oxygen atoms in total. The van der Waals surface area contributed by atoms with E-state index in [1.165, 1.54) is 38.5 Å². The summed E-state index contributed by atoms with van der Waals surface area (Å²) in [5, 5.41) is 36.3. The molecule has 306 valence electrons. The smallest absolute Gasteiger partial charge is 0.123 e. The summed E-state index contributed by atoms with van der Waals surface area (Å²) < 4.78 is 0. The third-order valence-electron chi connectivity index (χ3n) is 9.13. The molecule has 2 aromatic carbocycles. The van der Waals surface area contributed by atoms with Gasteiger partial charge in [-0.2, -0.15) is 0 Å². The van der Waals surface area contributed by atoms with E-state index in [-0.39, 0.29) is 71.3 Å². The Morgan fingerprint density at radius 3 is 0.846 bits per heavy atom. The first-order chi connectivity index (χ1) is 22.2. The molecule has 10 heteroatoms. The summed E-state index contributed by atoms with van der Waals surface area (Å²) in [6.45, 7) is 32.0. The first-order valence-corrected chi connectivity index (χ1v) is 18.9. The van der Waals surface area contributed by atoms with E-state index in [0.29, 0.717) is 11.5 Å². The van der Waals surface area contributed by atoms with Gasteiger partial charge in [-0.15, -0.1) is 49.6 Å². The maximum atomic E-state index is 10.9. The van der Waals surface area contributed by atoms with E-state index in [2.05, 4.69) is 129 Å². The van der Waals surface area contributed by atoms with Crippen LogP contribution in [0.15, 0.2) is 24.3 Å². The summed E-state index contributed by atoms with van der Waals surface area (Å²) in [6.07, 6.45) is 9.88. The second-order valence-electron chi connectivity index (χ2n) is 18.0. The molecule has 0 aliphatic rings. The van der Waals surface area contributed by atoms with E-state index in [4.69, 9.17) is 0 Å². The maximum Gasteiger partial charge on any atom is 0.123 e. The van der Waals surface area contributed by atoms with Crippen molar-refractivity contribution in [3.8, 4) is 11.5 Å². The van der Waals surface area contributed by atoms with Gasteiger partial charge in [0, 0.05) is 46.7 Å². The topological polar surface area (TPSA) is 88.6 Å². The lowest BCUT2D eigenvalue weighted by atomic mass is 9.79. The first kappa shape index (κ1) is 55.1. The highest BCUT2D eigenvalue weighted by atomic mass is 35.5. The molecule has 0 aromatic heterocycles. The number of phenolic OH excluding ortho intramolecular Hbond substituents is 2. The predicted molar refractivity (Wildman–Crippen MR) is 240 cm³/mol. The maximum absolute atomic E-state index is 10.9. The van der Waals surface area contributed by atoms with Crippen molar-refractivity contribution >= 4 is 61.0 Å². The van der Waals surface area contributed by atoms with Crippen LogP contribution in [0.5, 0.6) is 11.5 Å². The molecule has 0 atom stereocenters. The Labute approximate surface area is 344 Å². The average Bonchev–Trinajstić information content (AvgIpc) is 2.95. The van der Waals surface area contributed by atoms with Crippen LogP contribution in [0.25, 0.3) is 0 Å². The number of benzene rings is 2. The van der Waals surface area contributed by atoms with Crippen molar-refractivity contribution in [2.75, 3.05) is 49.9 Å². The molecular weight excluding hydrogens is 734 g/mol. The van der Waals surface area contributed by atoms with E-state index in [9.17, 15) is 10.2 Å². The number of rotatable bonds is 19. The molecule has 0 radical (unpaired) electrons. The average molecular weight is 813 g/mol. The lowest BCUT2D eigenvalue weighted by molar-refractivity contribution is 0.422. The number of unbranched alkanes of at least 4 members (excludes halogenated alkanes) is 5. The molecule has 2 rings (SSSR count). The SMILES string of the molecule is CC(C)(C)c1cc(NCCCNCCCCCCCCNCCCNc2cc(C(C)(C)C)c(O)c(C(C)(C)C)c2)cc(C(C)(C)C)c1O.Cl.Cl.Cl.Cl. The van der Waals surface area contributed by atoms with E-state index in [1.54, 1.807) is 0 Å². The van der Waals surface area contributed by atoms with Crippen molar-refractivity contribution < 1.29 is 10.2 Å². The minimum atomic E-state index is -0.108. The van der Waals surface area contributed by atoms with Crippen LogP contribution < -0.4 is 21.3 Å². The zero-order valence-electron chi connectivity index (χ0n) is 34.7. The van der Waals surface area contributed by atoms with Gasteiger partial charge in [0.25, 0.3) is 0 Å². The minimum absolute atomic E-state index is 0. The quantitative estimate of drug-likeness (QED) is 0.0626. The van der Waals surface area contributed by atoms with Crippen LogP contribution in [0.4, 0.5) is 11.4 Å². The summed E-state index contributed by atoms with van der Waals surface area (Å²) >= 11 is 0. The summed E-state index contributed by atoms with van der Waals surface area (Å²) in [4.78, 5) is 0. The Morgan fingerprint density at radius 1 is 0.365 bits per heavy atom. The highest BCUT2D eigenvalue weighted by Gasteiger charge is 2.27. The lowest BCUT2D eigenvalue weighted by Crippen LogP contribution is -2.20. The van der Waals surface area contributed by atoms with Crippen LogP contribution in [0, 0.1) is 0 Å². The standard InChI is InChI=1S/C42H74N4O2.4ClH/c1-39(2,3)33-27-31(28-34(37(33)47)40(4,5)6)45-25-19-23-43-21-17-15-13-14-16-18-22-44-24-20-26-46-32-29-35(41(7,8)9)38(48)36(30-32)42(10,11)12;;;;/h27-30,43-48H,13-26H2,1-12H3;4*1H. The van der Waals surface area contributed by atoms with Gasteiger partial charge in [0.15, 0.2) is 0 Å². The summed E-state index contributed by atoms with van der Waals surface area (Å²) in [5.74, 6) is 0.880. The Kier molecular flexibility index (Phi) is 26.5. The zero-order chi connectivity index (χ0) is 36.2. The molecule has 0 amide bonds. The molecule has 0 spiro atoms. The summed E-state index contributed by atoms with van der Waals surface area (Å²) in [5.41, 5.74) is 5.80. The number of phenols is 2. The molecule has 0 aliphatic carbocycles. The van der Waals surface area contributed by atoms with E-state index in [0.717, 1.165) is 85.7 Å². The third-order valence-corrected chi connectivity index (χ3v) is 9.13. The number of anilines is 2. The third kappa shape index (κ3) is 19.4. The van der Waals surface area contributed by atoms with Crippen LogP contribution >= 0.6 is 49.6 Å². The molecule has 0 heterocycles. The van der Waals surface area contributed by atoms with Crippen LogP contribution in [0.1, 0.15) is 157 Å². The highest BCUT2D eigenvalue weighted by molar-refractivity contribution is 5.86. The second-order valence-corrected chi connectivity index (χ2v) is 18.0. The fourth-order valence-corrected chi connectivity index (χ4v) is 6.11. The van der Waals surface area contributed by atoms with E-state index in [1.807, 2.05) is 0 Å². The van der Waals surface area contributed by atoms with Crippen LogP contribution in [-0.2, 0) is 21.7 Å². The summed E-state index contributed by atoms with van der Waals surface area (Å²) in [7, 11) is 0. The zero-order valence-corrected chi connectivity index (χ0v) is 38.0. The monoisotopic (exact) mass is 810 g/mol. The molecule has 0 bridgehead atoms. The van der Waals surface area contributed by atoms with Gasteiger partial charge in [-0.1, -0.05) is 109 Å². The number of aromatic hydroxyl groups is 2. The first-order valence-electron chi connectivity index (χ1n) is 18.9. The van der Waals surface area contributed by atoms with Crippen LogP contribution in [-0.4, -0.2) is 49.5 Å². The Balaban J connectivity index is -0.00000600. The molecule has 0 saturated carbocycles. The number of halogens is 4. The van der Waals surface area contributed by atoms with Crippen molar-refractivity contribution in [3.63, 3.8) is 0 Å². The van der Waals surface area contributed by atoms with Crippen molar-refractivity contribution in [1.29, 1.82) is 0 Å². The fraction of sp³-hybridized carbons (Fsp3) is 0.714. The fourth-order valence-electron chi connectivity index (χ4n) is 6.11. The number of hydrogen-bond acceptors (Lipinski definition) is 6. The Hall–Kier alpha value is -1.28. The van der Waals surface area contributed by atoms with Gasteiger partial charge in [0.1, 0.15) is 11.5 Å². The highest BCUT2D eigenvalue weighted by Crippen LogP contribution is 2.42. The molecule has 0 fully saturated rings. The normalized spacial score (nSPS) is 11.8. The van der Waals surface area contributed by atoms with Gasteiger partial charge < -0.3 is 31.5 Å². The number of nitrogens with one attached hydrogen (secondary N) is 4. The van der Waals surface area contributed by atoms with E-state index >= 15 is 0 Å². The minimum Gasteiger partial charge on any atom is -0.507 e. The molecule has 0 aliphatic heterocycles. The van der Waals surface area contributed by atoms with Crippen molar-refractivity contribution in [2.45, 2.75) is 156 Å². The van der Waals surface area contributed by atoms with Crippen LogP contribution in [0.3, 0.4) is 0 Å². The van der Waals surface area contributed by atoms with Crippen molar-refractivity contribution in [2.24, 2.45) is 0 Å². The van der Waals surface area contributed by atoms with Crippen LogP contribution in [0.2, 0.25) is 0 Å². The molecular formula is C42H78Cl4N4O2. The second kappa shape index (κ2) is 25.0. The van der Waals surface area contributed by atoms with Gasteiger partial charge in [-0.25, -0.2) is 0 Å². The van der Waals surface area contributed by atoms with Gasteiger partial charge in [-0.3, -0.25) is 0 Å². The molecule has 0 unspecified atom stereocenters. The van der Waals surface area contributed by atoms with Gasteiger partial charge in [0.2, 0.25) is 0 Å². The predicted octanol–water partition coefficient (Wildman–Crippen LogP) is 11.8. The lowest BCUT2D eigenvalue weighted by Gasteiger charge is -2.28. The van der Waals surface area contributed by atoms with E-state index < -0.39 is 0 Å². The van der Waals surface area contributed by atoms with Crippen molar-refractivity contribution in [1.82, 2.24) is 10.6 Å². The van der Waals surface area contributed by atoms with Gasteiger partial charge >= 0.3 is 0 Å². The molecule has 6 N–H and O–H groups in total. The largest absolute Gasteiger partial charge is 0.507 e. The molecule has 2 aromatic rings. The van der Waals surface area contributed by atoms with Gasteiger partial charge in [-0.05, 0) is 97.8 Å². The van der Waals surface area contributed by atoms with Crippen molar-refractivity contribution in [3.05, 3.63) is 46.5 Å².